The van der Waals surface area contributed by atoms with Crippen molar-refractivity contribution in [3.8, 4) is 11.5 Å². The fourth-order valence-electron chi connectivity index (χ4n) is 5.79. The average molecular weight is 601 g/mol. The Hall–Kier alpha value is -4.35. The van der Waals surface area contributed by atoms with Crippen molar-refractivity contribution in [2.24, 2.45) is 4.99 Å². The maximum absolute atomic E-state index is 13.4. The van der Waals surface area contributed by atoms with Crippen LogP contribution in [0.25, 0.3) is 10.9 Å². The van der Waals surface area contributed by atoms with Crippen LogP contribution in [0.3, 0.4) is 0 Å². The molecule has 0 saturated carbocycles. The van der Waals surface area contributed by atoms with Crippen molar-refractivity contribution in [2.75, 3.05) is 44.7 Å². The molecule has 4 aromatic rings. The summed E-state index contributed by atoms with van der Waals surface area (Å²) in [4.78, 5) is 28.7. The summed E-state index contributed by atoms with van der Waals surface area (Å²) >= 11 is 0. The molecule has 2 aromatic carbocycles. The predicted molar refractivity (Wildman–Crippen MR) is 165 cm³/mol. The van der Waals surface area contributed by atoms with Crippen molar-refractivity contribution < 1.29 is 23.4 Å². The van der Waals surface area contributed by atoms with Gasteiger partial charge in [0.2, 0.25) is 5.62 Å². The third kappa shape index (κ3) is 6.89. The van der Waals surface area contributed by atoms with Gasteiger partial charge in [-0.2, -0.15) is 4.99 Å². The van der Waals surface area contributed by atoms with E-state index < -0.39 is 5.91 Å². The van der Waals surface area contributed by atoms with Crippen LogP contribution in [0.5, 0.6) is 11.5 Å². The summed E-state index contributed by atoms with van der Waals surface area (Å²) in [5, 5.41) is 4.26. The molecule has 0 bridgehead atoms. The van der Waals surface area contributed by atoms with E-state index in [9.17, 15) is 9.18 Å². The molecule has 0 spiro atoms. The van der Waals surface area contributed by atoms with E-state index in [1.165, 1.54) is 18.3 Å². The topological polar surface area (TPSA) is 103 Å². The third-order valence-electron chi connectivity index (χ3n) is 7.73. The van der Waals surface area contributed by atoms with Crippen molar-refractivity contribution >= 4 is 22.6 Å². The van der Waals surface area contributed by atoms with E-state index >= 15 is 0 Å². The number of rotatable bonds is 10. The lowest BCUT2D eigenvalue weighted by Gasteiger charge is -2.35. The molecule has 4 heterocycles. The number of anilines is 1. The Kier molecular flexibility index (Phi) is 9.13. The van der Waals surface area contributed by atoms with Gasteiger partial charge >= 0.3 is 0 Å². The van der Waals surface area contributed by atoms with Gasteiger partial charge in [-0.15, -0.1) is 0 Å². The maximum Gasteiger partial charge on any atom is 0.281 e. The van der Waals surface area contributed by atoms with Gasteiger partial charge in [-0.25, -0.2) is 9.37 Å². The third-order valence-corrected chi connectivity index (χ3v) is 7.73. The summed E-state index contributed by atoms with van der Waals surface area (Å²) < 4.78 is 33.9. The summed E-state index contributed by atoms with van der Waals surface area (Å²) in [5.74, 6) is 1.17. The van der Waals surface area contributed by atoms with E-state index in [1.54, 1.807) is 30.5 Å². The van der Waals surface area contributed by atoms with Gasteiger partial charge in [0.25, 0.3) is 5.91 Å². The molecule has 1 saturated heterocycles. The molecule has 230 valence electrons. The number of ether oxygens (including phenoxy) is 3. The second-order valence-electron chi connectivity index (χ2n) is 11.2. The standard InChI is InChI=1S/C33H37FN6O4/c1-22-20-39(21-23(2)44-22)15-4-17-42-28-11-10-27-29(30(28)43-18-12-24-6-8-26(34)9-7-24)37-33(40-16-14-36-31(27)40)38-32(41)25-5-3-13-35-19-25/h3,5-11,13,19,22-23,36H,4,12,14-18,20-21H2,1-2H3/t22-,23+. The van der Waals surface area contributed by atoms with Crippen LogP contribution in [0.4, 0.5) is 10.2 Å². The first-order chi connectivity index (χ1) is 21.4. The Bertz CT molecular complexity index is 1670. The minimum atomic E-state index is -0.426. The number of halogens is 1. The zero-order chi connectivity index (χ0) is 30.5. The predicted octanol–water partition coefficient (Wildman–Crippen LogP) is 4.24. The number of nitrogens with one attached hydrogen (secondary N) is 1. The molecule has 1 fully saturated rings. The molecule has 0 unspecified atom stereocenters. The molecule has 2 atom stereocenters. The zero-order valence-electron chi connectivity index (χ0n) is 25.0. The molecule has 2 aromatic heterocycles. The molecule has 2 aliphatic heterocycles. The van der Waals surface area contributed by atoms with Crippen LogP contribution in [0.15, 0.2) is 65.9 Å². The number of hydrogen-bond acceptors (Lipinski definition) is 8. The van der Waals surface area contributed by atoms with Gasteiger partial charge in [0.1, 0.15) is 17.2 Å². The monoisotopic (exact) mass is 600 g/mol. The Morgan fingerprint density at radius 2 is 1.91 bits per heavy atom. The molecule has 2 aliphatic rings. The summed E-state index contributed by atoms with van der Waals surface area (Å²) in [6.07, 6.45) is 4.93. The highest BCUT2D eigenvalue weighted by Crippen LogP contribution is 2.37. The van der Waals surface area contributed by atoms with E-state index in [4.69, 9.17) is 19.2 Å². The molecular formula is C33H37FN6O4. The molecule has 6 rings (SSSR count). The number of benzene rings is 2. The second kappa shape index (κ2) is 13.5. The van der Waals surface area contributed by atoms with Crippen molar-refractivity contribution in [3.05, 3.63) is 83.5 Å². The summed E-state index contributed by atoms with van der Waals surface area (Å²) in [6.45, 7) is 9.04. The molecule has 1 amide bonds. The van der Waals surface area contributed by atoms with Crippen LogP contribution in [0, 0.1) is 5.82 Å². The van der Waals surface area contributed by atoms with Gasteiger partial charge in [-0.3, -0.25) is 19.2 Å². The fourth-order valence-corrected chi connectivity index (χ4v) is 5.79. The number of morpholine rings is 1. The Morgan fingerprint density at radius 3 is 2.68 bits per heavy atom. The minimum absolute atomic E-state index is 0.213. The van der Waals surface area contributed by atoms with Crippen molar-refractivity contribution in [2.45, 2.75) is 45.4 Å². The van der Waals surface area contributed by atoms with Gasteiger partial charge in [-0.1, -0.05) is 12.1 Å². The highest BCUT2D eigenvalue weighted by atomic mass is 19.1. The first-order valence-electron chi connectivity index (χ1n) is 15.1. The lowest BCUT2D eigenvalue weighted by molar-refractivity contribution is -0.0686. The number of fused-ring (bicyclic) bond motifs is 3. The van der Waals surface area contributed by atoms with Gasteiger partial charge in [0.05, 0.1) is 31.0 Å². The number of carbonyl (C=O) groups excluding carboxylic acids is 1. The number of hydrogen-bond donors (Lipinski definition) is 1. The Balaban J connectivity index is 1.30. The SMILES string of the molecule is C[C@@H]1CN(CCCOc2ccc3c4n(c(=NC(=O)c5cccnc5)nc3c2OCCc2ccc(F)cc2)CCN4)C[C@H](C)O1. The van der Waals surface area contributed by atoms with Crippen LogP contribution in [-0.4, -0.2) is 76.9 Å². The van der Waals surface area contributed by atoms with Crippen LogP contribution in [0.2, 0.25) is 0 Å². The highest BCUT2D eigenvalue weighted by Gasteiger charge is 2.23. The normalized spacial score (nSPS) is 18.7. The smallest absolute Gasteiger partial charge is 0.281 e. The molecular weight excluding hydrogens is 563 g/mol. The van der Waals surface area contributed by atoms with Crippen molar-refractivity contribution in [1.82, 2.24) is 19.4 Å². The number of nitrogens with zero attached hydrogens (tertiary/aromatic N) is 5. The van der Waals surface area contributed by atoms with E-state index in [0.717, 1.165) is 42.8 Å². The average Bonchev–Trinajstić information content (AvgIpc) is 3.52. The van der Waals surface area contributed by atoms with E-state index in [-0.39, 0.29) is 23.6 Å². The summed E-state index contributed by atoms with van der Waals surface area (Å²) in [5.41, 5.74) is 2.16. The van der Waals surface area contributed by atoms with Gasteiger partial charge < -0.3 is 19.5 Å². The second-order valence-corrected chi connectivity index (χ2v) is 11.2. The molecule has 0 aliphatic carbocycles. The van der Waals surface area contributed by atoms with Crippen LogP contribution in [-0.2, 0) is 17.7 Å². The Labute approximate surface area is 255 Å². The highest BCUT2D eigenvalue weighted by molar-refractivity contribution is 5.96. The van der Waals surface area contributed by atoms with E-state index in [2.05, 4.69) is 34.0 Å². The molecule has 0 radical (unpaired) electrons. The minimum Gasteiger partial charge on any atom is -0.490 e. The maximum atomic E-state index is 13.4. The fraction of sp³-hybridized carbons (Fsp3) is 0.394. The van der Waals surface area contributed by atoms with Crippen LogP contribution >= 0.6 is 0 Å². The molecule has 11 heteroatoms. The van der Waals surface area contributed by atoms with Gasteiger partial charge in [-0.05, 0) is 62.2 Å². The van der Waals surface area contributed by atoms with Crippen LogP contribution < -0.4 is 20.4 Å². The van der Waals surface area contributed by atoms with Gasteiger partial charge in [0.15, 0.2) is 11.5 Å². The number of carbonyl (C=O) groups is 1. The van der Waals surface area contributed by atoms with E-state index in [0.29, 0.717) is 55.3 Å². The van der Waals surface area contributed by atoms with Crippen LogP contribution in [0.1, 0.15) is 36.2 Å². The summed E-state index contributed by atoms with van der Waals surface area (Å²) in [6, 6.07) is 13.6. The first kappa shape index (κ1) is 29.7. The number of amides is 1. The lowest BCUT2D eigenvalue weighted by Crippen LogP contribution is -2.45. The zero-order valence-corrected chi connectivity index (χ0v) is 25.0. The van der Waals surface area contributed by atoms with Crippen molar-refractivity contribution in [3.63, 3.8) is 0 Å². The van der Waals surface area contributed by atoms with E-state index in [1.807, 2.05) is 16.7 Å². The van der Waals surface area contributed by atoms with Crippen molar-refractivity contribution in [1.29, 1.82) is 0 Å². The Morgan fingerprint density at radius 1 is 1.09 bits per heavy atom. The quantitative estimate of drug-likeness (QED) is 0.270. The molecule has 44 heavy (non-hydrogen) atoms. The molecule has 1 N–H and O–H groups in total. The largest absolute Gasteiger partial charge is 0.490 e. The molecule has 10 nitrogen and oxygen atoms in total. The first-order valence-corrected chi connectivity index (χ1v) is 15.1. The number of pyridine rings is 1. The lowest BCUT2D eigenvalue weighted by atomic mass is 10.1. The van der Waals surface area contributed by atoms with Gasteiger partial charge in [0, 0.05) is 56.9 Å². The summed E-state index contributed by atoms with van der Waals surface area (Å²) in [7, 11) is 0. The number of aromatic nitrogens is 3.